The van der Waals surface area contributed by atoms with Crippen molar-refractivity contribution in [2.75, 3.05) is 0 Å². The van der Waals surface area contributed by atoms with Crippen LogP contribution in [0.15, 0.2) is 16.7 Å². The molecule has 0 spiro atoms. The Bertz CT molecular complexity index is 66.8. The van der Waals surface area contributed by atoms with E-state index in [4.69, 9.17) is 0 Å². The summed E-state index contributed by atoms with van der Waals surface area (Å²) in [7, 11) is 0. The second kappa shape index (κ2) is 1.87. The summed E-state index contributed by atoms with van der Waals surface area (Å²) in [6.45, 7) is 0. The molecule has 0 amide bonds. The van der Waals surface area contributed by atoms with Gasteiger partial charge in [0.25, 0.3) is 0 Å². The molecule has 0 bridgehead atoms. The highest BCUT2D eigenvalue weighted by Crippen LogP contribution is 1.97. The van der Waals surface area contributed by atoms with Crippen LogP contribution in [0.5, 0.6) is 0 Å². The number of hydrazone groups is 1. The third-order valence-corrected chi connectivity index (χ3v) is 0.930. The fourth-order valence-corrected chi connectivity index (χ4v) is 0.540. The van der Waals surface area contributed by atoms with Gasteiger partial charge < -0.3 is 0 Å². The third-order valence-electron chi connectivity index (χ3n) is 0.409. The van der Waals surface area contributed by atoms with Crippen LogP contribution in [0, 0.1) is 0 Å². The normalized spacial score (nSPS) is 17.3. The smallest absolute Gasteiger partial charge is 0.0843 e. The van der Waals surface area contributed by atoms with E-state index in [0.29, 0.717) is 0 Å². The maximum Gasteiger partial charge on any atom is 0.0843 e. The van der Waals surface area contributed by atoms with Crippen LogP contribution in [0.25, 0.3) is 0 Å². The average Bonchev–Trinajstić information content (AvgIpc) is 1.72. The van der Waals surface area contributed by atoms with Gasteiger partial charge in [-0.2, -0.15) is 5.10 Å². The lowest BCUT2D eigenvalue weighted by Crippen LogP contribution is -1.93. The lowest BCUT2D eigenvalue weighted by atomic mass is 11.1. The number of hydrogen-bond donors (Lipinski definition) is 1. The molecule has 2 nitrogen and oxygen atoms in total. The predicted octanol–water partition coefficient (Wildman–Crippen LogP) is 0.737. The molecule has 0 radical (unpaired) electrons. The summed E-state index contributed by atoms with van der Waals surface area (Å²) < 4.78 is 0. The first-order valence-corrected chi connectivity index (χ1v) is 2.52. The van der Waals surface area contributed by atoms with E-state index < -0.39 is 0 Å². The van der Waals surface area contributed by atoms with Gasteiger partial charge in [-0.1, -0.05) is 11.8 Å². The number of rotatable bonds is 0. The molecule has 1 rings (SSSR count). The molecule has 32 valence electrons. The molecule has 1 aliphatic heterocycles. The van der Waals surface area contributed by atoms with E-state index in [1.165, 1.54) is 0 Å². The minimum absolute atomic E-state index is 1.56. The van der Waals surface area contributed by atoms with Gasteiger partial charge in [-0.05, 0) is 5.41 Å². The van der Waals surface area contributed by atoms with Crippen molar-refractivity contribution in [3.05, 3.63) is 11.6 Å². The summed E-state index contributed by atoms with van der Waals surface area (Å²) in [4.78, 5) is 0. The fourth-order valence-electron chi connectivity index (χ4n) is 0.209. The van der Waals surface area contributed by atoms with Crippen LogP contribution in [-0.4, -0.2) is 5.55 Å². The fraction of sp³-hybridized carbons (Fsp3) is 0. The topological polar surface area (TPSA) is 24.4 Å². The highest BCUT2D eigenvalue weighted by molar-refractivity contribution is 8.14. The summed E-state index contributed by atoms with van der Waals surface area (Å²) >= 11 is 1.56. The third kappa shape index (κ3) is 0.755. The van der Waals surface area contributed by atoms with Crippen LogP contribution in [0.4, 0.5) is 0 Å². The molecule has 0 atom stereocenters. The molecular formula is C3H4N2S. The van der Waals surface area contributed by atoms with Crippen LogP contribution >= 0.6 is 11.8 Å². The number of hydrogen-bond acceptors (Lipinski definition) is 3. The van der Waals surface area contributed by atoms with Gasteiger partial charge in [-0.25, -0.2) is 0 Å². The first-order valence-electron chi connectivity index (χ1n) is 1.58. The Labute approximate surface area is 40.3 Å². The van der Waals surface area contributed by atoms with E-state index in [2.05, 4.69) is 10.5 Å². The standard InChI is InChI=1S/C3H4N2S/c1-2-6-3-5-4-1/h1-4H. The zero-order chi connectivity index (χ0) is 4.24. The highest BCUT2D eigenvalue weighted by Gasteiger charge is 1.74. The summed E-state index contributed by atoms with van der Waals surface area (Å²) in [6, 6.07) is 0. The summed E-state index contributed by atoms with van der Waals surface area (Å²) in [5.74, 6) is 0. The molecule has 0 saturated carbocycles. The SMILES string of the molecule is C1=CSC=NN1. The van der Waals surface area contributed by atoms with Crippen LogP contribution < -0.4 is 5.43 Å². The molecule has 6 heavy (non-hydrogen) atoms. The van der Waals surface area contributed by atoms with Crippen molar-refractivity contribution < 1.29 is 0 Å². The van der Waals surface area contributed by atoms with E-state index in [0.717, 1.165) is 0 Å². The van der Waals surface area contributed by atoms with Crippen LogP contribution in [0.1, 0.15) is 0 Å². The van der Waals surface area contributed by atoms with Crippen molar-refractivity contribution in [3.8, 4) is 0 Å². The van der Waals surface area contributed by atoms with Gasteiger partial charge in [0.05, 0.1) is 5.55 Å². The predicted molar refractivity (Wildman–Crippen MR) is 28.4 cm³/mol. The van der Waals surface area contributed by atoms with Crippen molar-refractivity contribution in [2.24, 2.45) is 5.10 Å². The molecule has 1 N–H and O–H groups in total. The number of nitrogens with one attached hydrogen (secondary N) is 1. The van der Waals surface area contributed by atoms with Crippen molar-refractivity contribution in [1.82, 2.24) is 5.43 Å². The second-order valence-corrected chi connectivity index (χ2v) is 1.56. The maximum absolute atomic E-state index is 3.68. The Morgan fingerprint density at radius 1 is 1.67 bits per heavy atom. The van der Waals surface area contributed by atoms with Crippen LogP contribution in [-0.2, 0) is 0 Å². The molecule has 0 aromatic carbocycles. The zero-order valence-electron chi connectivity index (χ0n) is 3.09. The van der Waals surface area contributed by atoms with Gasteiger partial charge in [0.1, 0.15) is 0 Å². The molecule has 0 fully saturated rings. The molecule has 0 aromatic heterocycles. The van der Waals surface area contributed by atoms with Gasteiger partial charge in [0.15, 0.2) is 0 Å². The minimum Gasteiger partial charge on any atom is -0.285 e. The Morgan fingerprint density at radius 2 is 2.67 bits per heavy atom. The van der Waals surface area contributed by atoms with Crippen molar-refractivity contribution >= 4 is 17.3 Å². The Balaban J connectivity index is 2.40. The van der Waals surface area contributed by atoms with Crippen molar-refractivity contribution in [3.63, 3.8) is 0 Å². The Morgan fingerprint density at radius 3 is 2.83 bits per heavy atom. The largest absolute Gasteiger partial charge is 0.285 e. The minimum atomic E-state index is 1.56. The Kier molecular flexibility index (Phi) is 1.17. The van der Waals surface area contributed by atoms with E-state index in [1.807, 2.05) is 5.41 Å². The van der Waals surface area contributed by atoms with Crippen LogP contribution in [0.3, 0.4) is 0 Å². The molecule has 1 aliphatic rings. The highest BCUT2D eigenvalue weighted by atomic mass is 32.2. The average molecular weight is 100 g/mol. The van der Waals surface area contributed by atoms with Crippen LogP contribution in [0.2, 0.25) is 0 Å². The Hall–Kier alpha value is -0.440. The van der Waals surface area contributed by atoms with E-state index in [9.17, 15) is 0 Å². The molecule has 3 heteroatoms. The lowest BCUT2D eigenvalue weighted by Gasteiger charge is -1.90. The lowest BCUT2D eigenvalue weighted by molar-refractivity contribution is 0.980. The number of thioether (sulfide) groups is 1. The first-order chi connectivity index (χ1) is 3.00. The van der Waals surface area contributed by atoms with Crippen molar-refractivity contribution in [2.45, 2.75) is 0 Å². The summed E-state index contributed by atoms with van der Waals surface area (Å²) in [5.41, 5.74) is 4.39. The van der Waals surface area contributed by atoms with E-state index in [-0.39, 0.29) is 0 Å². The van der Waals surface area contributed by atoms with Gasteiger partial charge in [-0.15, -0.1) is 0 Å². The molecule has 0 aromatic rings. The van der Waals surface area contributed by atoms with E-state index >= 15 is 0 Å². The van der Waals surface area contributed by atoms with Gasteiger partial charge in [0.2, 0.25) is 0 Å². The molecule has 0 unspecified atom stereocenters. The zero-order valence-corrected chi connectivity index (χ0v) is 3.90. The molecule has 0 aliphatic carbocycles. The monoisotopic (exact) mass is 100 g/mol. The van der Waals surface area contributed by atoms with Gasteiger partial charge in [0, 0.05) is 6.20 Å². The first kappa shape index (κ1) is 3.74. The molecular weight excluding hydrogens is 96.1 g/mol. The van der Waals surface area contributed by atoms with E-state index in [1.54, 1.807) is 23.5 Å². The summed E-state index contributed by atoms with van der Waals surface area (Å²) in [5, 5.41) is 5.60. The van der Waals surface area contributed by atoms with Crippen molar-refractivity contribution in [1.29, 1.82) is 0 Å². The quantitative estimate of drug-likeness (QED) is 0.485. The second-order valence-electron chi connectivity index (χ2n) is 0.802. The van der Waals surface area contributed by atoms with Gasteiger partial charge >= 0.3 is 0 Å². The maximum atomic E-state index is 3.68. The summed E-state index contributed by atoms with van der Waals surface area (Å²) in [6.07, 6.45) is 1.78. The van der Waals surface area contributed by atoms with Gasteiger partial charge in [-0.3, -0.25) is 5.43 Å². The number of nitrogens with zero attached hydrogens (tertiary/aromatic N) is 1. The molecule has 0 saturated heterocycles. The molecule has 1 heterocycles.